The van der Waals surface area contributed by atoms with Gasteiger partial charge in [-0.3, -0.25) is 14.1 Å². The molecule has 54 heavy (non-hydrogen) atoms. The molecule has 0 heterocycles. The Morgan fingerprint density at radius 3 is 1.37 bits per heavy atom. The van der Waals surface area contributed by atoms with E-state index in [4.69, 9.17) is 19.3 Å². The van der Waals surface area contributed by atoms with E-state index in [2.05, 4.69) is 73.1 Å². The van der Waals surface area contributed by atoms with Crippen molar-refractivity contribution >= 4 is 19.8 Å². The van der Waals surface area contributed by atoms with Gasteiger partial charge < -0.3 is 19.3 Å². The number of carbonyl (C=O) groups excluding carboxylic acids is 2. The first-order valence-corrected chi connectivity index (χ1v) is 23.1. The zero-order chi connectivity index (χ0) is 39.6. The number of allylic oxidation sites excluding steroid dienone is 10. The molecule has 0 aromatic rings. The number of hydrogen-bond donors (Lipinski definition) is 2. The van der Waals surface area contributed by atoms with E-state index in [1.165, 1.54) is 109 Å². The first kappa shape index (κ1) is 51.8. The minimum atomic E-state index is -4.77. The zero-order valence-corrected chi connectivity index (χ0v) is 35.2. The van der Waals surface area contributed by atoms with Crippen LogP contribution in [0.25, 0.3) is 0 Å². The summed E-state index contributed by atoms with van der Waals surface area (Å²) in [5, 5.41) is 0. The van der Waals surface area contributed by atoms with Crippen LogP contribution in [-0.4, -0.2) is 41.0 Å². The van der Waals surface area contributed by atoms with Gasteiger partial charge in [-0.25, -0.2) is 4.57 Å². The topological polar surface area (TPSA) is 119 Å². The molecule has 0 aliphatic carbocycles. The summed E-state index contributed by atoms with van der Waals surface area (Å²) in [4.78, 5) is 42.8. The first-order chi connectivity index (χ1) is 26.3. The molecular weight excluding hydrogens is 699 g/mol. The van der Waals surface area contributed by atoms with Crippen LogP contribution < -0.4 is 0 Å². The Labute approximate surface area is 330 Å². The SMILES string of the molecule is CCCC/C=C/CCCCCCCCCCCC(=O)O[C@H](COC(=O)CCC/C=C/C/C=C/C/C=C/C/C=C/CCCCCCCCC)COP(=O)(O)O. The van der Waals surface area contributed by atoms with Crippen molar-refractivity contribution in [2.75, 3.05) is 13.2 Å². The van der Waals surface area contributed by atoms with E-state index < -0.39 is 32.5 Å². The van der Waals surface area contributed by atoms with E-state index in [0.717, 1.165) is 44.9 Å². The molecule has 0 radical (unpaired) electrons. The van der Waals surface area contributed by atoms with Crippen molar-refractivity contribution in [3.05, 3.63) is 60.8 Å². The second-order valence-corrected chi connectivity index (χ2v) is 15.5. The molecule has 0 aromatic carbocycles. The lowest BCUT2D eigenvalue weighted by molar-refractivity contribution is -0.161. The number of phosphoric ester groups is 1. The van der Waals surface area contributed by atoms with Gasteiger partial charge in [0.05, 0.1) is 6.61 Å². The van der Waals surface area contributed by atoms with Crippen LogP contribution in [0.2, 0.25) is 0 Å². The summed E-state index contributed by atoms with van der Waals surface area (Å²) < 4.78 is 26.3. The molecule has 0 fully saturated rings. The van der Waals surface area contributed by atoms with Crippen LogP contribution in [0, 0.1) is 0 Å². The predicted molar refractivity (Wildman–Crippen MR) is 225 cm³/mol. The molecule has 1 atom stereocenters. The highest BCUT2D eigenvalue weighted by Crippen LogP contribution is 2.36. The number of unbranched alkanes of at least 4 members (excludes halogenated alkanes) is 19. The fraction of sp³-hybridized carbons (Fsp3) is 0.733. The lowest BCUT2D eigenvalue weighted by Gasteiger charge is -2.18. The normalized spacial score (nSPS) is 13.0. The van der Waals surface area contributed by atoms with Crippen LogP contribution in [0.3, 0.4) is 0 Å². The van der Waals surface area contributed by atoms with Gasteiger partial charge in [0.25, 0.3) is 0 Å². The molecule has 8 nitrogen and oxygen atoms in total. The Kier molecular flexibility index (Phi) is 38.7. The van der Waals surface area contributed by atoms with Gasteiger partial charge in [-0.15, -0.1) is 0 Å². The second kappa shape index (κ2) is 40.4. The van der Waals surface area contributed by atoms with Crippen molar-refractivity contribution in [1.82, 2.24) is 0 Å². The molecule has 0 saturated carbocycles. The van der Waals surface area contributed by atoms with Crippen molar-refractivity contribution in [1.29, 1.82) is 0 Å². The number of hydrogen-bond acceptors (Lipinski definition) is 6. The molecule has 0 aliphatic rings. The van der Waals surface area contributed by atoms with Gasteiger partial charge in [0, 0.05) is 12.8 Å². The molecule has 0 saturated heterocycles. The predicted octanol–water partition coefficient (Wildman–Crippen LogP) is 13.3. The third kappa shape index (κ3) is 42.5. The van der Waals surface area contributed by atoms with Crippen molar-refractivity contribution in [2.45, 2.75) is 200 Å². The molecule has 0 bridgehead atoms. The average Bonchev–Trinajstić information content (AvgIpc) is 3.14. The third-order valence-electron chi connectivity index (χ3n) is 9.01. The van der Waals surface area contributed by atoms with Crippen LogP contribution >= 0.6 is 7.82 Å². The molecule has 0 spiro atoms. The molecule has 312 valence electrons. The molecule has 0 unspecified atom stereocenters. The maximum Gasteiger partial charge on any atom is 0.469 e. The standard InChI is InChI=1S/C45H79O8P/c1-3-5-7-9-11-13-15-17-19-20-21-22-23-24-26-27-29-31-33-35-37-39-44(46)51-41-43(42-52-54(48,49)50)53-45(47)40-38-36-34-32-30-28-25-18-16-14-12-10-8-6-4-2/h10,12,19-20,22-23,26-27,31,33,43H,3-9,11,13-18,21,24-25,28-30,32,34-42H2,1-2H3,(H2,48,49,50)/b12-10+,20-19+,23-22+,27-26+,33-31+/t43-/m1/s1. The fourth-order valence-corrected chi connectivity index (χ4v) is 6.12. The van der Waals surface area contributed by atoms with Crippen molar-refractivity contribution < 1.29 is 37.9 Å². The van der Waals surface area contributed by atoms with Crippen molar-refractivity contribution in [3.63, 3.8) is 0 Å². The van der Waals surface area contributed by atoms with E-state index >= 15 is 0 Å². The summed E-state index contributed by atoms with van der Waals surface area (Å²) in [6, 6.07) is 0. The van der Waals surface area contributed by atoms with Crippen molar-refractivity contribution in [3.8, 4) is 0 Å². The van der Waals surface area contributed by atoms with E-state index in [1.807, 2.05) is 6.08 Å². The number of esters is 2. The third-order valence-corrected chi connectivity index (χ3v) is 9.49. The highest BCUT2D eigenvalue weighted by molar-refractivity contribution is 7.46. The Hall–Kier alpha value is -2.25. The molecule has 2 N–H and O–H groups in total. The van der Waals surface area contributed by atoms with Gasteiger partial charge in [-0.2, -0.15) is 0 Å². The highest BCUT2D eigenvalue weighted by Gasteiger charge is 2.22. The Balaban J connectivity index is 4.01. The Morgan fingerprint density at radius 2 is 0.870 bits per heavy atom. The van der Waals surface area contributed by atoms with Crippen LogP contribution in [0.1, 0.15) is 194 Å². The summed E-state index contributed by atoms with van der Waals surface area (Å²) in [5.41, 5.74) is 0. The number of carbonyl (C=O) groups is 2. The zero-order valence-electron chi connectivity index (χ0n) is 34.4. The van der Waals surface area contributed by atoms with Crippen LogP contribution in [0.5, 0.6) is 0 Å². The monoisotopic (exact) mass is 779 g/mol. The van der Waals surface area contributed by atoms with E-state index in [0.29, 0.717) is 12.8 Å². The molecule has 0 aromatic heterocycles. The molecule has 9 heteroatoms. The molecule has 0 aliphatic heterocycles. The van der Waals surface area contributed by atoms with E-state index in [-0.39, 0.29) is 19.4 Å². The largest absolute Gasteiger partial charge is 0.469 e. The summed E-state index contributed by atoms with van der Waals surface area (Å²) in [6.07, 6.45) is 50.9. The van der Waals surface area contributed by atoms with E-state index in [1.54, 1.807) is 0 Å². The second-order valence-electron chi connectivity index (χ2n) is 14.3. The van der Waals surface area contributed by atoms with Crippen LogP contribution in [0.4, 0.5) is 0 Å². The lowest BCUT2D eigenvalue weighted by Crippen LogP contribution is -2.29. The molecular formula is C45H79O8P. The van der Waals surface area contributed by atoms with Gasteiger partial charge in [-0.1, -0.05) is 171 Å². The van der Waals surface area contributed by atoms with Gasteiger partial charge in [0.2, 0.25) is 0 Å². The maximum atomic E-state index is 12.4. The quantitative estimate of drug-likeness (QED) is 0.0274. The Morgan fingerprint density at radius 1 is 0.481 bits per heavy atom. The smallest absolute Gasteiger partial charge is 0.462 e. The van der Waals surface area contributed by atoms with Gasteiger partial charge in [0.1, 0.15) is 6.61 Å². The highest BCUT2D eigenvalue weighted by atomic mass is 31.2. The van der Waals surface area contributed by atoms with E-state index in [9.17, 15) is 14.2 Å². The Bertz CT molecular complexity index is 1060. The molecule has 0 amide bonds. The number of ether oxygens (including phenoxy) is 2. The summed E-state index contributed by atoms with van der Waals surface area (Å²) in [6.45, 7) is 3.61. The van der Waals surface area contributed by atoms with Gasteiger partial charge in [-0.05, 0) is 70.6 Å². The minimum absolute atomic E-state index is 0.189. The maximum absolute atomic E-state index is 12.4. The van der Waals surface area contributed by atoms with Crippen LogP contribution in [0.15, 0.2) is 60.8 Å². The average molecular weight is 779 g/mol. The lowest BCUT2D eigenvalue weighted by atomic mass is 10.1. The summed E-state index contributed by atoms with van der Waals surface area (Å²) >= 11 is 0. The fourth-order valence-electron chi connectivity index (χ4n) is 5.76. The summed E-state index contributed by atoms with van der Waals surface area (Å²) in [5.74, 6) is -0.954. The van der Waals surface area contributed by atoms with Crippen LogP contribution in [-0.2, 0) is 28.2 Å². The van der Waals surface area contributed by atoms with Crippen molar-refractivity contribution in [2.24, 2.45) is 0 Å². The van der Waals surface area contributed by atoms with Gasteiger partial charge >= 0.3 is 19.8 Å². The molecule has 0 rings (SSSR count). The summed E-state index contributed by atoms with van der Waals surface area (Å²) in [7, 11) is -4.77. The number of rotatable bonds is 39. The van der Waals surface area contributed by atoms with Gasteiger partial charge in [0.15, 0.2) is 6.10 Å². The first-order valence-electron chi connectivity index (χ1n) is 21.6. The minimum Gasteiger partial charge on any atom is -0.462 e. The number of phosphoric acid groups is 1.